The Hall–Kier alpha value is -1.62. The third-order valence-electron chi connectivity index (χ3n) is 2.71. The van der Waals surface area contributed by atoms with Crippen LogP contribution in [0.25, 0.3) is 0 Å². The molecule has 0 aromatic heterocycles. The van der Waals surface area contributed by atoms with Crippen molar-refractivity contribution >= 4 is 23.2 Å². The molecular weight excluding hydrogens is 224 g/mol. The fraction of sp³-hybridized carbons (Fsp3) is 0.273. The van der Waals surface area contributed by atoms with Crippen molar-refractivity contribution in [3.63, 3.8) is 0 Å². The topological polar surface area (TPSA) is 50.4 Å². The molecule has 1 aliphatic heterocycles. The number of methoxy groups -OCH3 is 1. The predicted octanol–water partition coefficient (Wildman–Crippen LogP) is 0.915. The summed E-state index contributed by atoms with van der Waals surface area (Å²) in [6, 6.07) is 7.33. The molecule has 84 valence electrons. The molecular formula is C11H12N2O2S. The summed E-state index contributed by atoms with van der Waals surface area (Å²) in [7, 11) is 1.60. The molecule has 4 nitrogen and oxygen atoms in total. The number of rotatable bonds is 2. The van der Waals surface area contributed by atoms with Gasteiger partial charge in [0.25, 0.3) is 5.91 Å². The number of thiocarbonyl (C=S) groups is 1. The Bertz CT molecular complexity index is 444. The highest BCUT2D eigenvalue weighted by molar-refractivity contribution is 7.80. The summed E-state index contributed by atoms with van der Waals surface area (Å²) in [4.78, 5) is 11.8. The number of carbonyl (C=O) groups is 1. The van der Waals surface area contributed by atoms with Crippen LogP contribution >= 0.6 is 12.2 Å². The van der Waals surface area contributed by atoms with Gasteiger partial charge in [-0.1, -0.05) is 12.1 Å². The standard InChI is InChI=1S/C11H12N2O2S/c1-11(9(14)12-10(16)13-11)7-3-5-8(15-2)6-4-7/h3-6H,1-2H3,(H2,12,13,14,16). The molecule has 1 aromatic rings. The molecule has 0 radical (unpaired) electrons. The summed E-state index contributed by atoms with van der Waals surface area (Å²) < 4.78 is 5.07. The van der Waals surface area contributed by atoms with E-state index in [1.165, 1.54) is 0 Å². The second-order valence-corrected chi connectivity index (χ2v) is 4.17. The smallest absolute Gasteiger partial charge is 0.256 e. The predicted molar refractivity (Wildman–Crippen MR) is 64.2 cm³/mol. The third kappa shape index (κ3) is 1.63. The number of amides is 1. The van der Waals surface area contributed by atoms with Gasteiger partial charge in [-0.05, 0) is 36.8 Å². The van der Waals surface area contributed by atoms with E-state index < -0.39 is 5.54 Å². The molecule has 5 heteroatoms. The van der Waals surface area contributed by atoms with Gasteiger partial charge in [-0.3, -0.25) is 4.79 Å². The van der Waals surface area contributed by atoms with Crippen LogP contribution in [0.2, 0.25) is 0 Å². The molecule has 0 spiro atoms. The molecule has 16 heavy (non-hydrogen) atoms. The highest BCUT2D eigenvalue weighted by atomic mass is 32.1. The zero-order valence-corrected chi connectivity index (χ0v) is 9.85. The van der Waals surface area contributed by atoms with Crippen molar-refractivity contribution in [1.29, 1.82) is 0 Å². The Morgan fingerprint density at radius 1 is 1.31 bits per heavy atom. The van der Waals surface area contributed by atoms with E-state index in [-0.39, 0.29) is 5.91 Å². The van der Waals surface area contributed by atoms with E-state index >= 15 is 0 Å². The second kappa shape index (κ2) is 3.75. The number of benzene rings is 1. The number of hydrogen-bond donors (Lipinski definition) is 2. The first kappa shape index (κ1) is 10.9. The van der Waals surface area contributed by atoms with Gasteiger partial charge < -0.3 is 15.4 Å². The van der Waals surface area contributed by atoms with E-state index in [2.05, 4.69) is 10.6 Å². The van der Waals surface area contributed by atoms with Crippen molar-refractivity contribution in [3.8, 4) is 5.75 Å². The zero-order chi connectivity index (χ0) is 11.8. The average molecular weight is 236 g/mol. The lowest BCUT2D eigenvalue weighted by Crippen LogP contribution is -2.40. The first-order valence-corrected chi connectivity index (χ1v) is 5.25. The molecule has 2 N–H and O–H groups in total. The summed E-state index contributed by atoms with van der Waals surface area (Å²) in [6.07, 6.45) is 0. The molecule has 1 unspecified atom stereocenters. The summed E-state index contributed by atoms with van der Waals surface area (Å²) in [5.41, 5.74) is 0.0641. The van der Waals surface area contributed by atoms with Crippen LogP contribution in [0, 0.1) is 0 Å². The highest BCUT2D eigenvalue weighted by Crippen LogP contribution is 2.25. The van der Waals surface area contributed by atoms with Crippen LogP contribution in [-0.2, 0) is 10.3 Å². The van der Waals surface area contributed by atoms with Gasteiger partial charge in [0, 0.05) is 0 Å². The molecule has 2 rings (SSSR count). The van der Waals surface area contributed by atoms with Crippen LogP contribution in [-0.4, -0.2) is 18.1 Å². The molecule has 1 fully saturated rings. The van der Waals surface area contributed by atoms with Crippen LogP contribution in [0.15, 0.2) is 24.3 Å². The van der Waals surface area contributed by atoms with E-state index in [1.807, 2.05) is 24.3 Å². The largest absolute Gasteiger partial charge is 0.497 e. The maximum Gasteiger partial charge on any atom is 0.256 e. The Morgan fingerprint density at radius 3 is 2.38 bits per heavy atom. The van der Waals surface area contributed by atoms with Crippen molar-refractivity contribution in [2.45, 2.75) is 12.5 Å². The summed E-state index contributed by atoms with van der Waals surface area (Å²) in [6.45, 7) is 1.80. The minimum absolute atomic E-state index is 0.136. The van der Waals surface area contributed by atoms with Gasteiger partial charge in [0.05, 0.1) is 7.11 Å². The molecule has 0 bridgehead atoms. The number of nitrogens with one attached hydrogen (secondary N) is 2. The van der Waals surface area contributed by atoms with Gasteiger partial charge in [0.2, 0.25) is 0 Å². The lowest BCUT2D eigenvalue weighted by molar-refractivity contribution is -0.123. The van der Waals surface area contributed by atoms with Gasteiger partial charge in [-0.25, -0.2) is 0 Å². The average Bonchev–Trinajstić information content (AvgIpc) is 2.54. The van der Waals surface area contributed by atoms with E-state index in [9.17, 15) is 4.79 Å². The van der Waals surface area contributed by atoms with Crippen LogP contribution in [0.4, 0.5) is 0 Å². The van der Waals surface area contributed by atoms with Crippen molar-refractivity contribution < 1.29 is 9.53 Å². The summed E-state index contributed by atoms with van der Waals surface area (Å²) in [5.74, 6) is 0.621. The van der Waals surface area contributed by atoms with Gasteiger partial charge >= 0.3 is 0 Å². The molecule has 1 atom stereocenters. The zero-order valence-electron chi connectivity index (χ0n) is 9.03. The lowest BCUT2D eigenvalue weighted by atomic mass is 9.92. The van der Waals surface area contributed by atoms with Crippen LogP contribution < -0.4 is 15.4 Å². The van der Waals surface area contributed by atoms with Gasteiger partial charge in [0.15, 0.2) is 5.11 Å². The number of ether oxygens (including phenoxy) is 1. The highest BCUT2D eigenvalue weighted by Gasteiger charge is 2.41. The Labute approximate surface area is 99.0 Å². The molecule has 1 heterocycles. The second-order valence-electron chi connectivity index (χ2n) is 3.76. The van der Waals surface area contributed by atoms with Crippen LogP contribution in [0.1, 0.15) is 12.5 Å². The molecule has 0 aliphatic carbocycles. The number of carbonyl (C=O) groups excluding carboxylic acids is 1. The van der Waals surface area contributed by atoms with E-state index in [4.69, 9.17) is 17.0 Å². The first-order chi connectivity index (χ1) is 7.56. The normalized spacial score (nSPS) is 23.9. The van der Waals surface area contributed by atoms with Crippen molar-refractivity contribution in [2.24, 2.45) is 0 Å². The van der Waals surface area contributed by atoms with Crippen molar-refractivity contribution in [1.82, 2.24) is 10.6 Å². The monoisotopic (exact) mass is 236 g/mol. The summed E-state index contributed by atoms with van der Waals surface area (Å²) in [5, 5.41) is 5.91. The van der Waals surface area contributed by atoms with Crippen LogP contribution in [0.3, 0.4) is 0 Å². The Morgan fingerprint density at radius 2 is 1.94 bits per heavy atom. The van der Waals surface area contributed by atoms with Gasteiger partial charge in [-0.2, -0.15) is 0 Å². The summed E-state index contributed by atoms with van der Waals surface area (Å²) >= 11 is 4.93. The fourth-order valence-electron chi connectivity index (χ4n) is 1.67. The maximum atomic E-state index is 11.8. The van der Waals surface area contributed by atoms with Crippen LogP contribution in [0.5, 0.6) is 5.75 Å². The molecule has 1 saturated heterocycles. The lowest BCUT2D eigenvalue weighted by Gasteiger charge is -2.21. The SMILES string of the molecule is COc1ccc(C2(C)NC(=S)NC2=O)cc1. The van der Waals surface area contributed by atoms with Crippen molar-refractivity contribution in [2.75, 3.05) is 7.11 Å². The quantitative estimate of drug-likeness (QED) is 0.750. The maximum absolute atomic E-state index is 11.8. The Kier molecular flexibility index (Phi) is 2.55. The van der Waals surface area contributed by atoms with Crippen molar-refractivity contribution in [3.05, 3.63) is 29.8 Å². The van der Waals surface area contributed by atoms with E-state index in [0.717, 1.165) is 11.3 Å². The number of hydrogen-bond acceptors (Lipinski definition) is 3. The fourth-order valence-corrected chi connectivity index (χ4v) is 1.97. The minimum atomic E-state index is -0.788. The van der Waals surface area contributed by atoms with E-state index in [1.54, 1.807) is 14.0 Å². The molecule has 1 aromatic carbocycles. The van der Waals surface area contributed by atoms with E-state index in [0.29, 0.717) is 5.11 Å². The molecule has 1 aliphatic rings. The molecule has 0 saturated carbocycles. The minimum Gasteiger partial charge on any atom is -0.497 e. The third-order valence-corrected chi connectivity index (χ3v) is 2.92. The van der Waals surface area contributed by atoms with Gasteiger partial charge in [0.1, 0.15) is 11.3 Å². The van der Waals surface area contributed by atoms with Gasteiger partial charge in [-0.15, -0.1) is 0 Å². The Balaban J connectivity index is 2.36. The molecule has 1 amide bonds. The first-order valence-electron chi connectivity index (χ1n) is 4.84.